The molecule has 1 heterocycles. The first kappa shape index (κ1) is 22.6. The minimum absolute atomic E-state index is 0.0454. The van der Waals surface area contributed by atoms with E-state index in [4.69, 9.17) is 14.9 Å². The van der Waals surface area contributed by atoms with Crippen molar-refractivity contribution in [3.63, 3.8) is 0 Å². The molecule has 156 valence electrons. The summed E-state index contributed by atoms with van der Waals surface area (Å²) in [6.07, 6.45) is 2.10. The molecule has 7 nitrogen and oxygen atoms in total. The van der Waals surface area contributed by atoms with E-state index < -0.39 is 24.9 Å². The molecule has 0 saturated carbocycles. The van der Waals surface area contributed by atoms with E-state index in [1.807, 2.05) is 38.1 Å². The zero-order chi connectivity index (χ0) is 21.3. The van der Waals surface area contributed by atoms with Crippen molar-refractivity contribution in [3.8, 4) is 22.8 Å². The lowest BCUT2D eigenvalue weighted by molar-refractivity contribution is 0.0618. The summed E-state index contributed by atoms with van der Waals surface area (Å²) >= 11 is 0. The maximum Gasteiger partial charge on any atom is 0.181 e. The fourth-order valence-corrected chi connectivity index (χ4v) is 2.62. The average Bonchev–Trinajstić information content (AvgIpc) is 3.31. The van der Waals surface area contributed by atoms with Gasteiger partial charge < -0.3 is 30.2 Å². The quantitative estimate of drug-likeness (QED) is 0.458. The van der Waals surface area contributed by atoms with Crippen molar-refractivity contribution in [1.82, 2.24) is 4.98 Å². The van der Waals surface area contributed by atoms with Crippen LogP contribution in [0.1, 0.15) is 31.9 Å². The molecule has 29 heavy (non-hydrogen) atoms. The van der Waals surface area contributed by atoms with Gasteiger partial charge >= 0.3 is 0 Å². The number of oxazole rings is 1. The molecule has 3 aromatic rings. The molecule has 0 aliphatic rings. The van der Waals surface area contributed by atoms with E-state index in [9.17, 15) is 15.3 Å². The monoisotopic (exact) mass is 400 g/mol. The number of aromatic nitrogens is 1. The van der Waals surface area contributed by atoms with Gasteiger partial charge in [0.05, 0.1) is 24.9 Å². The number of nitrogens with two attached hydrogens (primary N) is 1. The van der Waals surface area contributed by atoms with Crippen molar-refractivity contribution in [2.75, 3.05) is 13.2 Å². The molecule has 0 aliphatic heterocycles. The van der Waals surface area contributed by atoms with Crippen LogP contribution in [-0.2, 0) is 0 Å². The largest absolute Gasteiger partial charge is 0.457 e. The standard InChI is InChI=1S/C20H22N2O5.C2H6/c21-20(11-23,12-24)9-19(25)15-3-7-17(8-4-15)27-16-5-1-14(2-6-16)18-10-26-13-22-18;1-2/h1-8,10,13,19,23-25H,9,11-12,21H2;1-2H3. The maximum atomic E-state index is 10.3. The predicted octanol–water partition coefficient (Wildman–Crippen LogP) is 3.27. The van der Waals surface area contributed by atoms with Gasteiger partial charge in [-0.2, -0.15) is 0 Å². The van der Waals surface area contributed by atoms with Crippen LogP contribution < -0.4 is 10.5 Å². The highest BCUT2D eigenvalue weighted by Crippen LogP contribution is 2.28. The Kier molecular flexibility index (Phi) is 8.35. The molecule has 0 spiro atoms. The molecule has 5 N–H and O–H groups in total. The van der Waals surface area contributed by atoms with Crippen molar-refractivity contribution in [2.45, 2.75) is 31.9 Å². The first-order chi connectivity index (χ1) is 14.0. The normalized spacial score (nSPS) is 12.1. The highest BCUT2D eigenvalue weighted by Gasteiger charge is 2.27. The fraction of sp³-hybridized carbons (Fsp3) is 0.318. The molecule has 1 aromatic heterocycles. The smallest absolute Gasteiger partial charge is 0.181 e. The second-order valence-electron chi connectivity index (χ2n) is 6.47. The van der Waals surface area contributed by atoms with Crippen LogP contribution in [-0.4, -0.2) is 39.1 Å². The molecular weight excluding hydrogens is 372 g/mol. The average molecular weight is 400 g/mol. The maximum absolute atomic E-state index is 10.3. The number of aliphatic hydroxyl groups is 3. The van der Waals surface area contributed by atoms with Gasteiger partial charge in [0.2, 0.25) is 0 Å². The van der Waals surface area contributed by atoms with Gasteiger partial charge in [-0.05, 0) is 48.4 Å². The first-order valence-electron chi connectivity index (χ1n) is 9.48. The molecule has 0 amide bonds. The van der Waals surface area contributed by atoms with Crippen LogP contribution in [0, 0.1) is 0 Å². The van der Waals surface area contributed by atoms with E-state index in [-0.39, 0.29) is 6.42 Å². The van der Waals surface area contributed by atoms with Crippen LogP contribution in [0.5, 0.6) is 11.5 Å². The Balaban J connectivity index is 0.00000145. The third kappa shape index (κ3) is 6.13. The molecule has 1 unspecified atom stereocenters. The highest BCUT2D eigenvalue weighted by atomic mass is 16.5. The first-order valence-corrected chi connectivity index (χ1v) is 9.48. The molecule has 7 heteroatoms. The predicted molar refractivity (Wildman–Crippen MR) is 110 cm³/mol. The third-order valence-corrected chi connectivity index (χ3v) is 4.31. The van der Waals surface area contributed by atoms with Crippen molar-refractivity contribution in [3.05, 3.63) is 66.8 Å². The summed E-state index contributed by atoms with van der Waals surface area (Å²) in [6.45, 7) is 3.18. The van der Waals surface area contributed by atoms with E-state index in [2.05, 4.69) is 4.98 Å². The van der Waals surface area contributed by atoms with Crippen LogP contribution >= 0.6 is 0 Å². The molecule has 3 rings (SSSR count). The lowest BCUT2D eigenvalue weighted by Gasteiger charge is -2.27. The summed E-state index contributed by atoms with van der Waals surface area (Å²) in [6, 6.07) is 14.3. The van der Waals surface area contributed by atoms with Gasteiger partial charge in [-0.1, -0.05) is 26.0 Å². The van der Waals surface area contributed by atoms with Crippen LogP contribution in [0.25, 0.3) is 11.3 Å². The molecule has 0 radical (unpaired) electrons. The number of hydrogen-bond donors (Lipinski definition) is 4. The zero-order valence-corrected chi connectivity index (χ0v) is 16.7. The van der Waals surface area contributed by atoms with Crippen LogP contribution in [0.2, 0.25) is 0 Å². The van der Waals surface area contributed by atoms with Gasteiger partial charge in [0.15, 0.2) is 6.39 Å². The van der Waals surface area contributed by atoms with E-state index in [1.165, 1.54) is 6.39 Å². The van der Waals surface area contributed by atoms with Crippen molar-refractivity contribution < 1.29 is 24.5 Å². The van der Waals surface area contributed by atoms with Crippen LogP contribution in [0.3, 0.4) is 0 Å². The van der Waals surface area contributed by atoms with Crippen molar-refractivity contribution in [2.24, 2.45) is 5.73 Å². The van der Waals surface area contributed by atoms with Gasteiger partial charge in [-0.15, -0.1) is 0 Å². The molecule has 0 fully saturated rings. The van der Waals surface area contributed by atoms with E-state index >= 15 is 0 Å². The van der Waals surface area contributed by atoms with E-state index in [0.29, 0.717) is 17.1 Å². The summed E-state index contributed by atoms with van der Waals surface area (Å²) in [5.74, 6) is 1.28. The number of benzene rings is 2. The lowest BCUT2D eigenvalue weighted by Crippen LogP contribution is -2.48. The molecular formula is C22H28N2O5. The van der Waals surface area contributed by atoms with Crippen molar-refractivity contribution in [1.29, 1.82) is 0 Å². The minimum atomic E-state index is -1.22. The Bertz CT molecular complexity index is 829. The number of nitrogens with zero attached hydrogens (tertiary/aromatic N) is 1. The molecule has 0 aliphatic carbocycles. The zero-order valence-electron chi connectivity index (χ0n) is 16.7. The Morgan fingerprint density at radius 2 is 1.55 bits per heavy atom. The second kappa shape index (κ2) is 10.7. The minimum Gasteiger partial charge on any atom is -0.457 e. The Morgan fingerprint density at radius 1 is 1.00 bits per heavy atom. The van der Waals surface area contributed by atoms with Gasteiger partial charge in [0.1, 0.15) is 23.5 Å². The molecule has 1 atom stereocenters. The highest BCUT2D eigenvalue weighted by molar-refractivity contribution is 5.58. The van der Waals surface area contributed by atoms with Gasteiger partial charge in [-0.3, -0.25) is 0 Å². The second-order valence-corrected chi connectivity index (χ2v) is 6.47. The third-order valence-electron chi connectivity index (χ3n) is 4.31. The lowest BCUT2D eigenvalue weighted by atomic mass is 9.92. The summed E-state index contributed by atoms with van der Waals surface area (Å²) in [5, 5.41) is 28.8. The van der Waals surface area contributed by atoms with E-state index in [1.54, 1.807) is 30.5 Å². The van der Waals surface area contributed by atoms with E-state index in [0.717, 1.165) is 11.3 Å². The van der Waals surface area contributed by atoms with Crippen LogP contribution in [0.15, 0.2) is 65.6 Å². The Labute approximate surface area is 170 Å². The summed E-state index contributed by atoms with van der Waals surface area (Å²) in [7, 11) is 0. The summed E-state index contributed by atoms with van der Waals surface area (Å²) < 4.78 is 10.8. The Morgan fingerprint density at radius 3 is 2.03 bits per heavy atom. The molecule has 0 bridgehead atoms. The van der Waals surface area contributed by atoms with Gasteiger partial charge in [-0.25, -0.2) is 4.98 Å². The molecule has 0 saturated heterocycles. The summed E-state index contributed by atoms with van der Waals surface area (Å²) in [5.41, 5.74) is 6.90. The number of aliphatic hydroxyl groups excluding tert-OH is 3. The Hall–Kier alpha value is -2.71. The SMILES string of the molecule is CC.NC(CO)(CO)CC(O)c1ccc(Oc2ccc(-c3cocn3)cc2)cc1. The summed E-state index contributed by atoms with van der Waals surface area (Å²) in [4.78, 5) is 4.09. The van der Waals surface area contributed by atoms with Crippen LogP contribution in [0.4, 0.5) is 0 Å². The number of hydrogen-bond acceptors (Lipinski definition) is 7. The fourth-order valence-electron chi connectivity index (χ4n) is 2.62. The van der Waals surface area contributed by atoms with Crippen molar-refractivity contribution >= 4 is 0 Å². The topological polar surface area (TPSA) is 122 Å². The number of rotatable bonds is 8. The van der Waals surface area contributed by atoms with Gasteiger partial charge in [0, 0.05) is 5.56 Å². The molecule has 2 aromatic carbocycles. The number of ether oxygens (including phenoxy) is 1. The van der Waals surface area contributed by atoms with Gasteiger partial charge in [0.25, 0.3) is 0 Å².